The zero-order valence-electron chi connectivity index (χ0n) is 15.7. The van der Waals surface area contributed by atoms with Gasteiger partial charge in [-0.2, -0.15) is 4.98 Å². The molecule has 0 spiro atoms. The molecule has 0 radical (unpaired) electrons. The largest absolute Gasteiger partial charge is 0.423 e. The van der Waals surface area contributed by atoms with E-state index in [1.54, 1.807) is 11.3 Å². The molecule has 1 aliphatic rings. The fraction of sp³-hybridized carbons (Fsp3) is 0.286. The second kappa shape index (κ2) is 8.04. The Hall–Kier alpha value is -2.58. The average Bonchev–Trinajstić information content (AvgIpc) is 3.47. The van der Waals surface area contributed by atoms with Crippen LogP contribution in [0.4, 0.5) is 6.01 Å². The summed E-state index contributed by atoms with van der Waals surface area (Å²) in [5.74, 6) is 0.397. The number of rotatable bonds is 6. The monoisotopic (exact) mass is 424 g/mol. The highest BCUT2D eigenvalue weighted by Crippen LogP contribution is 2.30. The first-order chi connectivity index (χ1) is 14.3. The summed E-state index contributed by atoms with van der Waals surface area (Å²) in [7, 11) is 0. The standard InChI is InChI=1S/C21H20N4O2S2/c26-19(13-28-21-24-16-8-2-4-10-18(16)29-21)22-12-14-6-5-11-25(14)20-23-15-7-1-3-9-17(15)27-20/h1-4,7-10,14H,5-6,11-13H2,(H,22,26)/t14-/m0/s1. The maximum Gasteiger partial charge on any atom is 0.298 e. The minimum absolute atomic E-state index is 0.0265. The SMILES string of the molecule is O=C(CSc1nc2ccccc2s1)NC[C@@H]1CCCN1c1nc2ccccc2o1. The van der Waals surface area contributed by atoms with Crippen molar-refractivity contribution >= 4 is 56.3 Å². The van der Waals surface area contributed by atoms with E-state index in [9.17, 15) is 4.79 Å². The van der Waals surface area contributed by atoms with E-state index < -0.39 is 0 Å². The molecule has 0 unspecified atom stereocenters. The maximum atomic E-state index is 12.4. The number of nitrogens with zero attached hydrogens (tertiary/aromatic N) is 3. The third-order valence-electron chi connectivity index (χ3n) is 5.04. The molecule has 1 N–H and O–H groups in total. The Morgan fingerprint density at radius 3 is 2.86 bits per heavy atom. The molecule has 3 heterocycles. The van der Waals surface area contributed by atoms with Gasteiger partial charge in [-0.3, -0.25) is 4.79 Å². The first-order valence-corrected chi connectivity index (χ1v) is 11.4. The van der Waals surface area contributed by atoms with Gasteiger partial charge in [0.1, 0.15) is 5.52 Å². The number of oxazole rings is 1. The molecule has 8 heteroatoms. The summed E-state index contributed by atoms with van der Waals surface area (Å²) in [6.45, 7) is 1.49. The molecule has 0 aliphatic carbocycles. The lowest BCUT2D eigenvalue weighted by atomic mass is 10.2. The van der Waals surface area contributed by atoms with E-state index in [1.807, 2.05) is 42.5 Å². The summed E-state index contributed by atoms with van der Waals surface area (Å²) in [5, 5.41) is 3.07. The van der Waals surface area contributed by atoms with Crippen molar-refractivity contribution in [3.63, 3.8) is 0 Å². The molecule has 4 aromatic rings. The predicted molar refractivity (Wildman–Crippen MR) is 118 cm³/mol. The molecule has 148 valence electrons. The molecule has 1 aliphatic heterocycles. The average molecular weight is 425 g/mol. The molecule has 29 heavy (non-hydrogen) atoms. The number of amides is 1. The normalized spacial score (nSPS) is 16.7. The summed E-state index contributed by atoms with van der Waals surface area (Å²) in [6.07, 6.45) is 2.09. The summed E-state index contributed by atoms with van der Waals surface area (Å²) < 4.78 is 7.99. The Morgan fingerprint density at radius 2 is 2.00 bits per heavy atom. The van der Waals surface area contributed by atoms with Gasteiger partial charge in [0.15, 0.2) is 9.92 Å². The molecular weight excluding hydrogens is 404 g/mol. The highest BCUT2D eigenvalue weighted by molar-refractivity contribution is 8.01. The number of carbonyl (C=O) groups excluding carboxylic acids is 1. The van der Waals surface area contributed by atoms with E-state index in [0.717, 1.165) is 45.0 Å². The molecule has 0 bridgehead atoms. The summed E-state index contributed by atoms with van der Waals surface area (Å²) >= 11 is 3.11. The van der Waals surface area contributed by atoms with Gasteiger partial charge in [0.25, 0.3) is 6.01 Å². The van der Waals surface area contributed by atoms with Crippen LogP contribution in [0.3, 0.4) is 0 Å². The number of thiazole rings is 1. The lowest BCUT2D eigenvalue weighted by Gasteiger charge is -2.22. The summed E-state index contributed by atoms with van der Waals surface area (Å²) in [6, 6.07) is 16.7. The van der Waals surface area contributed by atoms with Crippen LogP contribution < -0.4 is 10.2 Å². The number of thioether (sulfide) groups is 1. The Morgan fingerprint density at radius 1 is 1.17 bits per heavy atom. The highest BCUT2D eigenvalue weighted by atomic mass is 32.2. The molecule has 1 amide bonds. The predicted octanol–water partition coefficient (Wildman–Crippen LogP) is 4.31. The molecule has 2 aromatic heterocycles. The summed E-state index contributed by atoms with van der Waals surface area (Å²) in [5.41, 5.74) is 2.65. The van der Waals surface area contributed by atoms with E-state index in [4.69, 9.17) is 4.42 Å². The molecular formula is C21H20N4O2S2. The van der Waals surface area contributed by atoms with Crippen LogP contribution in [0.25, 0.3) is 21.3 Å². The van der Waals surface area contributed by atoms with Crippen molar-refractivity contribution in [2.45, 2.75) is 23.2 Å². The molecule has 1 atom stereocenters. The zero-order chi connectivity index (χ0) is 19.6. The number of anilines is 1. The second-order valence-corrected chi connectivity index (χ2v) is 9.25. The van der Waals surface area contributed by atoms with Crippen molar-refractivity contribution in [3.05, 3.63) is 48.5 Å². The maximum absolute atomic E-state index is 12.4. The molecule has 6 nitrogen and oxygen atoms in total. The molecule has 2 aromatic carbocycles. The number of benzene rings is 2. The number of aromatic nitrogens is 2. The third-order valence-corrected chi connectivity index (χ3v) is 7.22. The van der Waals surface area contributed by atoms with Crippen LogP contribution in [-0.4, -0.2) is 40.8 Å². The van der Waals surface area contributed by atoms with Gasteiger partial charge in [0.05, 0.1) is 22.0 Å². The number of fused-ring (bicyclic) bond motifs is 2. The number of hydrogen-bond donors (Lipinski definition) is 1. The van der Waals surface area contributed by atoms with Crippen LogP contribution in [0.2, 0.25) is 0 Å². The van der Waals surface area contributed by atoms with Crippen molar-refractivity contribution in [1.82, 2.24) is 15.3 Å². The zero-order valence-corrected chi connectivity index (χ0v) is 17.3. The Kier molecular flexibility index (Phi) is 5.12. The minimum atomic E-state index is 0.0265. The van der Waals surface area contributed by atoms with Crippen LogP contribution in [0, 0.1) is 0 Å². The lowest BCUT2D eigenvalue weighted by Crippen LogP contribution is -2.41. The molecule has 0 saturated carbocycles. The van der Waals surface area contributed by atoms with E-state index in [0.29, 0.717) is 18.3 Å². The van der Waals surface area contributed by atoms with Gasteiger partial charge in [0, 0.05) is 13.1 Å². The van der Waals surface area contributed by atoms with Crippen LogP contribution in [0.5, 0.6) is 0 Å². The topological polar surface area (TPSA) is 71.3 Å². The fourth-order valence-electron chi connectivity index (χ4n) is 3.61. The van der Waals surface area contributed by atoms with Crippen LogP contribution in [-0.2, 0) is 4.79 Å². The number of nitrogens with one attached hydrogen (secondary N) is 1. The van der Waals surface area contributed by atoms with Crippen molar-refractivity contribution < 1.29 is 9.21 Å². The number of carbonyl (C=O) groups is 1. The van der Waals surface area contributed by atoms with Crippen molar-refractivity contribution in [2.24, 2.45) is 0 Å². The van der Waals surface area contributed by atoms with Gasteiger partial charge < -0.3 is 14.6 Å². The van der Waals surface area contributed by atoms with E-state index in [-0.39, 0.29) is 11.9 Å². The Labute approximate surface area is 176 Å². The van der Waals surface area contributed by atoms with Gasteiger partial charge in [-0.15, -0.1) is 11.3 Å². The number of para-hydroxylation sites is 3. The molecule has 1 saturated heterocycles. The third kappa shape index (κ3) is 3.95. The smallest absolute Gasteiger partial charge is 0.298 e. The van der Waals surface area contributed by atoms with Crippen LogP contribution in [0.1, 0.15) is 12.8 Å². The highest BCUT2D eigenvalue weighted by Gasteiger charge is 2.28. The van der Waals surface area contributed by atoms with Crippen LogP contribution in [0.15, 0.2) is 57.3 Å². The van der Waals surface area contributed by atoms with Gasteiger partial charge in [-0.05, 0) is 37.1 Å². The second-order valence-electron chi connectivity index (χ2n) is 6.99. The molecule has 5 rings (SSSR count). The van der Waals surface area contributed by atoms with Gasteiger partial charge in [-0.25, -0.2) is 4.98 Å². The first kappa shape index (κ1) is 18.4. The minimum Gasteiger partial charge on any atom is -0.423 e. The summed E-state index contributed by atoms with van der Waals surface area (Å²) in [4.78, 5) is 23.7. The first-order valence-electron chi connectivity index (χ1n) is 9.63. The van der Waals surface area contributed by atoms with Crippen LogP contribution >= 0.6 is 23.1 Å². The fourth-order valence-corrected chi connectivity index (χ4v) is 5.50. The van der Waals surface area contributed by atoms with Gasteiger partial charge in [-0.1, -0.05) is 36.0 Å². The van der Waals surface area contributed by atoms with E-state index in [2.05, 4.69) is 26.3 Å². The van der Waals surface area contributed by atoms with Crippen molar-refractivity contribution in [1.29, 1.82) is 0 Å². The Bertz CT molecular complexity index is 1090. The van der Waals surface area contributed by atoms with Gasteiger partial charge in [0.2, 0.25) is 5.91 Å². The quantitative estimate of drug-likeness (QED) is 0.465. The van der Waals surface area contributed by atoms with Crippen molar-refractivity contribution in [3.8, 4) is 0 Å². The Balaban J connectivity index is 1.17. The van der Waals surface area contributed by atoms with Crippen molar-refractivity contribution in [2.75, 3.05) is 23.7 Å². The number of hydrogen-bond acceptors (Lipinski definition) is 7. The van der Waals surface area contributed by atoms with E-state index >= 15 is 0 Å². The van der Waals surface area contributed by atoms with E-state index in [1.165, 1.54) is 11.8 Å². The van der Waals surface area contributed by atoms with Gasteiger partial charge >= 0.3 is 0 Å². The molecule has 1 fully saturated rings. The lowest BCUT2D eigenvalue weighted by molar-refractivity contribution is -0.118.